The maximum absolute atomic E-state index is 12.4. The number of thioether (sulfide) groups is 1. The van der Waals surface area contributed by atoms with Crippen LogP contribution in [0.5, 0.6) is 0 Å². The van der Waals surface area contributed by atoms with Gasteiger partial charge < -0.3 is 15.4 Å². The highest BCUT2D eigenvalue weighted by Gasteiger charge is 2.32. The summed E-state index contributed by atoms with van der Waals surface area (Å²) in [6.07, 6.45) is 7.59. The van der Waals surface area contributed by atoms with Crippen molar-refractivity contribution in [2.45, 2.75) is 58.0 Å². The van der Waals surface area contributed by atoms with Crippen molar-refractivity contribution in [2.75, 3.05) is 7.11 Å². The molecular formula is C18H29N3O3S. The lowest BCUT2D eigenvalue weighted by Crippen LogP contribution is -2.52. The second-order valence-electron chi connectivity index (χ2n) is 5.90. The highest BCUT2D eigenvalue weighted by Crippen LogP contribution is 2.32. The van der Waals surface area contributed by atoms with Crippen LogP contribution in [-0.4, -0.2) is 47.5 Å². The first-order valence-corrected chi connectivity index (χ1v) is 9.54. The Labute approximate surface area is 154 Å². The summed E-state index contributed by atoms with van der Waals surface area (Å²) in [5.74, 6) is -0.282. The molecule has 0 aromatic heterocycles. The van der Waals surface area contributed by atoms with Crippen molar-refractivity contribution in [3.8, 4) is 0 Å². The monoisotopic (exact) mass is 367 g/mol. The molecule has 0 spiro atoms. The number of nitrogens with zero attached hydrogens (tertiary/aromatic N) is 1. The van der Waals surface area contributed by atoms with Gasteiger partial charge in [-0.05, 0) is 12.8 Å². The van der Waals surface area contributed by atoms with Crippen molar-refractivity contribution < 1.29 is 14.3 Å². The van der Waals surface area contributed by atoms with Crippen LogP contribution in [0.25, 0.3) is 0 Å². The number of amides is 2. The SMILES string of the molecule is CC.COC(=O)NC(C(=O)NC(C)C1=NC2C=CC=CC2S1)C(C)C. The largest absolute Gasteiger partial charge is 0.453 e. The molecule has 4 unspecified atom stereocenters. The first-order chi connectivity index (χ1) is 11.9. The minimum Gasteiger partial charge on any atom is -0.453 e. The number of ether oxygens (including phenoxy) is 1. The molecule has 2 aliphatic rings. The first-order valence-electron chi connectivity index (χ1n) is 8.66. The van der Waals surface area contributed by atoms with Gasteiger partial charge in [0.15, 0.2) is 0 Å². The Balaban J connectivity index is 0.00000151. The molecule has 140 valence electrons. The lowest BCUT2D eigenvalue weighted by atomic mass is 10.0. The zero-order valence-corrected chi connectivity index (χ0v) is 16.6. The van der Waals surface area contributed by atoms with Crippen molar-refractivity contribution in [1.82, 2.24) is 10.6 Å². The Hall–Kier alpha value is -1.76. The predicted molar refractivity (Wildman–Crippen MR) is 104 cm³/mol. The van der Waals surface area contributed by atoms with Crippen LogP contribution in [0.15, 0.2) is 29.3 Å². The van der Waals surface area contributed by atoms with Crippen LogP contribution in [0.4, 0.5) is 4.79 Å². The van der Waals surface area contributed by atoms with Crippen molar-refractivity contribution >= 4 is 28.8 Å². The molecule has 0 aromatic carbocycles. The smallest absolute Gasteiger partial charge is 0.407 e. The summed E-state index contributed by atoms with van der Waals surface area (Å²) < 4.78 is 4.58. The fourth-order valence-corrected chi connectivity index (χ4v) is 3.60. The number of rotatable bonds is 5. The van der Waals surface area contributed by atoms with Gasteiger partial charge in [0.25, 0.3) is 0 Å². The molecule has 0 radical (unpaired) electrons. The number of nitrogens with one attached hydrogen (secondary N) is 2. The fourth-order valence-electron chi connectivity index (χ4n) is 2.42. The number of aliphatic imine (C=N–C) groups is 1. The number of alkyl carbamates (subject to hydrolysis) is 1. The number of hydrogen-bond acceptors (Lipinski definition) is 5. The summed E-state index contributed by atoms with van der Waals surface area (Å²) >= 11 is 1.67. The molecule has 0 saturated heterocycles. The Morgan fingerprint density at radius 1 is 1.16 bits per heavy atom. The zero-order valence-electron chi connectivity index (χ0n) is 15.8. The molecule has 0 fully saturated rings. The van der Waals surface area contributed by atoms with Gasteiger partial charge in [-0.25, -0.2) is 4.79 Å². The van der Waals surface area contributed by atoms with E-state index < -0.39 is 12.1 Å². The number of allylic oxidation sites excluding steroid dienone is 2. The normalized spacial score (nSPS) is 22.9. The van der Waals surface area contributed by atoms with Gasteiger partial charge in [-0.2, -0.15) is 0 Å². The number of methoxy groups -OCH3 is 1. The quantitative estimate of drug-likeness (QED) is 0.783. The molecule has 1 aliphatic heterocycles. The van der Waals surface area contributed by atoms with E-state index in [1.54, 1.807) is 11.8 Å². The standard InChI is InChI=1S/C16H23N3O3S.C2H6/c1-9(2)13(19-16(21)22-4)14(20)17-10(3)15-18-11-7-5-6-8-12(11)23-15;1-2/h5-13H,1-4H3,(H,17,20)(H,19,21);1-2H3. The van der Waals surface area contributed by atoms with Gasteiger partial charge in [0.2, 0.25) is 5.91 Å². The summed E-state index contributed by atoms with van der Waals surface area (Å²) in [7, 11) is 1.28. The van der Waals surface area contributed by atoms with E-state index in [-0.39, 0.29) is 23.9 Å². The van der Waals surface area contributed by atoms with E-state index in [2.05, 4.69) is 32.5 Å². The topological polar surface area (TPSA) is 79.8 Å². The molecule has 0 saturated carbocycles. The summed E-state index contributed by atoms with van der Waals surface area (Å²) in [5, 5.41) is 6.72. The van der Waals surface area contributed by atoms with E-state index >= 15 is 0 Å². The van der Waals surface area contributed by atoms with Gasteiger partial charge in [-0.1, -0.05) is 63.8 Å². The lowest BCUT2D eigenvalue weighted by molar-refractivity contribution is -0.124. The van der Waals surface area contributed by atoms with Crippen LogP contribution in [0, 0.1) is 5.92 Å². The average Bonchev–Trinajstić information content (AvgIpc) is 3.05. The average molecular weight is 368 g/mol. The molecule has 6 nitrogen and oxygen atoms in total. The lowest BCUT2D eigenvalue weighted by Gasteiger charge is -2.23. The maximum atomic E-state index is 12.4. The molecule has 4 atom stereocenters. The number of carbonyl (C=O) groups is 2. The second-order valence-corrected chi connectivity index (χ2v) is 7.10. The zero-order chi connectivity index (χ0) is 19.0. The van der Waals surface area contributed by atoms with E-state index in [0.717, 1.165) is 5.04 Å². The molecule has 7 heteroatoms. The minimum atomic E-state index is -0.640. The van der Waals surface area contributed by atoms with E-state index in [9.17, 15) is 9.59 Å². The van der Waals surface area contributed by atoms with Gasteiger partial charge in [-0.15, -0.1) is 0 Å². The Bertz CT molecular complexity index is 558. The Morgan fingerprint density at radius 2 is 1.80 bits per heavy atom. The fraction of sp³-hybridized carbons (Fsp3) is 0.611. The molecule has 25 heavy (non-hydrogen) atoms. The highest BCUT2D eigenvalue weighted by atomic mass is 32.2. The minimum absolute atomic E-state index is 0.0482. The number of carbonyl (C=O) groups excluding carboxylic acids is 2. The van der Waals surface area contributed by atoms with E-state index in [1.165, 1.54) is 7.11 Å². The van der Waals surface area contributed by atoms with Crippen LogP contribution in [0.2, 0.25) is 0 Å². The van der Waals surface area contributed by atoms with Gasteiger partial charge in [0, 0.05) is 0 Å². The van der Waals surface area contributed by atoms with Crippen LogP contribution in [0.1, 0.15) is 34.6 Å². The Kier molecular flexibility index (Phi) is 8.75. The molecule has 1 heterocycles. The van der Waals surface area contributed by atoms with Crippen LogP contribution in [0.3, 0.4) is 0 Å². The molecular weight excluding hydrogens is 338 g/mol. The third kappa shape index (κ3) is 5.92. The third-order valence-corrected chi connectivity index (χ3v) is 5.14. The van der Waals surface area contributed by atoms with Crippen LogP contribution < -0.4 is 10.6 Å². The van der Waals surface area contributed by atoms with E-state index in [4.69, 9.17) is 0 Å². The highest BCUT2D eigenvalue weighted by molar-refractivity contribution is 8.15. The number of hydrogen-bond donors (Lipinski definition) is 2. The van der Waals surface area contributed by atoms with Crippen LogP contribution >= 0.6 is 11.8 Å². The molecule has 0 bridgehead atoms. The predicted octanol–water partition coefficient (Wildman–Crippen LogP) is 2.91. The summed E-state index contributed by atoms with van der Waals surface area (Å²) in [5.41, 5.74) is 0. The molecule has 2 amide bonds. The first kappa shape index (κ1) is 21.3. The number of fused-ring (bicyclic) bond motifs is 1. The maximum Gasteiger partial charge on any atom is 0.407 e. The van der Waals surface area contributed by atoms with Crippen molar-refractivity contribution in [2.24, 2.45) is 10.9 Å². The van der Waals surface area contributed by atoms with Crippen LogP contribution in [-0.2, 0) is 9.53 Å². The van der Waals surface area contributed by atoms with Crippen molar-refractivity contribution in [1.29, 1.82) is 0 Å². The third-order valence-electron chi connectivity index (χ3n) is 3.73. The van der Waals surface area contributed by atoms with Gasteiger partial charge >= 0.3 is 6.09 Å². The summed E-state index contributed by atoms with van der Waals surface area (Å²) in [6.45, 7) is 9.65. The molecule has 1 aliphatic carbocycles. The van der Waals surface area contributed by atoms with E-state index in [1.807, 2.05) is 46.8 Å². The second kappa shape index (κ2) is 10.3. The Morgan fingerprint density at radius 3 is 2.36 bits per heavy atom. The molecule has 0 aromatic rings. The van der Waals surface area contributed by atoms with Gasteiger partial charge in [0.1, 0.15) is 6.04 Å². The van der Waals surface area contributed by atoms with Crippen molar-refractivity contribution in [3.05, 3.63) is 24.3 Å². The van der Waals surface area contributed by atoms with Gasteiger partial charge in [0.05, 0.1) is 29.5 Å². The van der Waals surface area contributed by atoms with E-state index in [0.29, 0.717) is 5.25 Å². The summed E-state index contributed by atoms with van der Waals surface area (Å²) in [4.78, 5) is 28.5. The molecule has 2 N–H and O–H groups in total. The van der Waals surface area contributed by atoms with Crippen molar-refractivity contribution in [3.63, 3.8) is 0 Å². The summed E-state index contributed by atoms with van der Waals surface area (Å²) in [6, 6.07) is -0.687. The molecule has 2 rings (SSSR count). The van der Waals surface area contributed by atoms with Gasteiger partial charge in [-0.3, -0.25) is 9.79 Å².